The average molecular weight is 380 g/mol. The fourth-order valence-corrected chi connectivity index (χ4v) is 2.89. The Morgan fingerprint density at radius 3 is 2.43 bits per heavy atom. The minimum Gasteiger partial charge on any atom is -0.342 e. The summed E-state index contributed by atoms with van der Waals surface area (Å²) >= 11 is 0. The summed E-state index contributed by atoms with van der Waals surface area (Å²) in [7, 11) is 1.76. The highest BCUT2D eigenvalue weighted by molar-refractivity contribution is 5.98. The van der Waals surface area contributed by atoms with Crippen molar-refractivity contribution in [3.8, 4) is 0 Å². The van der Waals surface area contributed by atoms with Crippen LogP contribution < -0.4 is 10.6 Å². The molecule has 1 aromatic carbocycles. The number of aromatic nitrogens is 4. The quantitative estimate of drug-likeness (QED) is 0.684. The Bertz CT molecular complexity index is 984. The number of amides is 2. The van der Waals surface area contributed by atoms with Gasteiger partial charge in [0, 0.05) is 12.7 Å². The topological polar surface area (TPSA) is 93.8 Å². The molecule has 0 saturated carbocycles. The third-order valence-corrected chi connectivity index (χ3v) is 4.58. The lowest BCUT2D eigenvalue weighted by molar-refractivity contribution is -0.115. The van der Waals surface area contributed by atoms with E-state index in [1.165, 1.54) is 0 Å². The fraction of sp³-hybridized carbons (Fsp3) is 0.300. The summed E-state index contributed by atoms with van der Waals surface area (Å²) in [6, 6.07) is 11.7. The maximum absolute atomic E-state index is 12.3. The molecule has 0 saturated heterocycles. The minimum absolute atomic E-state index is 0.142. The zero-order valence-corrected chi connectivity index (χ0v) is 16.5. The Kier molecular flexibility index (Phi) is 5.58. The second-order valence-electron chi connectivity index (χ2n) is 6.71. The number of nitrogens with zero attached hydrogens (tertiary/aromatic N) is 4. The van der Waals surface area contributed by atoms with Crippen LogP contribution >= 0.6 is 0 Å². The molecule has 0 unspecified atom stereocenters. The monoisotopic (exact) mass is 380 g/mol. The minimum atomic E-state index is -0.382. The van der Waals surface area contributed by atoms with E-state index in [0.717, 1.165) is 22.6 Å². The van der Waals surface area contributed by atoms with E-state index in [4.69, 9.17) is 0 Å². The predicted octanol–water partition coefficient (Wildman–Crippen LogP) is 1.96. The van der Waals surface area contributed by atoms with Gasteiger partial charge in [-0.15, -0.1) is 0 Å². The molecular formula is C20H24N6O2. The smallest absolute Gasteiger partial charge is 0.272 e. The van der Waals surface area contributed by atoms with Crippen molar-refractivity contribution in [2.75, 3.05) is 11.9 Å². The van der Waals surface area contributed by atoms with E-state index in [2.05, 4.69) is 20.8 Å². The third-order valence-electron chi connectivity index (χ3n) is 4.58. The summed E-state index contributed by atoms with van der Waals surface area (Å²) in [5.41, 5.74) is 4.55. The van der Waals surface area contributed by atoms with Crippen LogP contribution in [-0.4, -0.2) is 37.9 Å². The number of hydrogen-bond donors (Lipinski definition) is 2. The van der Waals surface area contributed by atoms with Crippen LogP contribution in [0.3, 0.4) is 0 Å². The number of nitrogens with one attached hydrogen (secondary N) is 2. The van der Waals surface area contributed by atoms with Gasteiger partial charge in [-0.05, 0) is 32.4 Å². The van der Waals surface area contributed by atoms with Crippen molar-refractivity contribution in [3.05, 3.63) is 64.7 Å². The molecule has 8 nitrogen and oxygen atoms in total. The van der Waals surface area contributed by atoms with Gasteiger partial charge in [0.1, 0.15) is 5.69 Å². The molecular weight excluding hydrogens is 356 g/mol. The molecule has 3 aromatic rings. The standard InChI is InChI=1S/C20H24N6O2/c1-13-10-17(24-25(13)4)20(28)21-11-18(27)22-19-14(2)23-26(15(19)3)12-16-8-6-5-7-9-16/h5-10H,11-12H2,1-4H3,(H,21,28)(H,22,27). The van der Waals surface area contributed by atoms with Crippen LogP contribution in [0, 0.1) is 20.8 Å². The number of carbonyl (C=O) groups is 2. The number of rotatable bonds is 6. The molecule has 0 spiro atoms. The van der Waals surface area contributed by atoms with Crippen molar-refractivity contribution in [2.24, 2.45) is 7.05 Å². The molecule has 0 aliphatic heterocycles. The van der Waals surface area contributed by atoms with Gasteiger partial charge >= 0.3 is 0 Å². The van der Waals surface area contributed by atoms with Gasteiger partial charge < -0.3 is 10.6 Å². The molecule has 0 atom stereocenters. The Morgan fingerprint density at radius 1 is 1.07 bits per heavy atom. The molecule has 146 valence electrons. The Hall–Kier alpha value is -3.42. The Labute approximate surface area is 163 Å². The molecule has 2 amide bonds. The van der Waals surface area contributed by atoms with E-state index >= 15 is 0 Å². The van der Waals surface area contributed by atoms with Crippen LogP contribution in [0.25, 0.3) is 0 Å². The molecule has 2 aromatic heterocycles. The lowest BCUT2D eigenvalue weighted by Gasteiger charge is -2.08. The summed E-state index contributed by atoms with van der Waals surface area (Å²) in [5.74, 6) is -0.696. The molecule has 2 N–H and O–H groups in total. The normalized spacial score (nSPS) is 10.7. The molecule has 0 aliphatic rings. The van der Waals surface area contributed by atoms with Gasteiger partial charge in [0.15, 0.2) is 0 Å². The van der Waals surface area contributed by atoms with E-state index in [0.29, 0.717) is 12.2 Å². The first-order valence-corrected chi connectivity index (χ1v) is 9.01. The number of hydrogen-bond acceptors (Lipinski definition) is 4. The second-order valence-corrected chi connectivity index (χ2v) is 6.71. The first-order chi connectivity index (χ1) is 13.3. The van der Waals surface area contributed by atoms with Gasteiger partial charge in [-0.2, -0.15) is 10.2 Å². The molecule has 3 rings (SSSR count). The molecule has 8 heteroatoms. The highest BCUT2D eigenvalue weighted by atomic mass is 16.2. The predicted molar refractivity (Wildman–Crippen MR) is 106 cm³/mol. The van der Waals surface area contributed by atoms with Crippen LogP contribution in [0.4, 0.5) is 5.69 Å². The van der Waals surface area contributed by atoms with Crippen molar-refractivity contribution in [2.45, 2.75) is 27.3 Å². The largest absolute Gasteiger partial charge is 0.342 e. The van der Waals surface area contributed by atoms with Crippen LogP contribution in [0.15, 0.2) is 36.4 Å². The van der Waals surface area contributed by atoms with E-state index in [1.54, 1.807) is 17.8 Å². The zero-order chi connectivity index (χ0) is 20.3. The number of aryl methyl sites for hydroxylation is 3. The SMILES string of the molecule is Cc1nn(Cc2ccccc2)c(C)c1NC(=O)CNC(=O)c1cc(C)n(C)n1. The lowest BCUT2D eigenvalue weighted by Crippen LogP contribution is -2.33. The highest BCUT2D eigenvalue weighted by Crippen LogP contribution is 2.20. The molecule has 0 aliphatic carbocycles. The molecule has 0 radical (unpaired) electrons. The van der Waals surface area contributed by atoms with Crippen molar-refractivity contribution < 1.29 is 9.59 Å². The Balaban J connectivity index is 1.61. The fourth-order valence-electron chi connectivity index (χ4n) is 2.89. The summed E-state index contributed by atoms with van der Waals surface area (Å²) in [4.78, 5) is 24.4. The van der Waals surface area contributed by atoms with Crippen molar-refractivity contribution in [1.29, 1.82) is 0 Å². The van der Waals surface area contributed by atoms with Crippen molar-refractivity contribution >= 4 is 17.5 Å². The maximum Gasteiger partial charge on any atom is 0.272 e. The van der Waals surface area contributed by atoms with Gasteiger partial charge in [0.2, 0.25) is 5.91 Å². The maximum atomic E-state index is 12.3. The summed E-state index contributed by atoms with van der Waals surface area (Å²) in [6.07, 6.45) is 0. The van der Waals surface area contributed by atoms with Crippen LogP contribution in [0.2, 0.25) is 0 Å². The van der Waals surface area contributed by atoms with Gasteiger partial charge in [-0.25, -0.2) is 0 Å². The van der Waals surface area contributed by atoms with Gasteiger partial charge in [0.25, 0.3) is 5.91 Å². The highest BCUT2D eigenvalue weighted by Gasteiger charge is 2.16. The second kappa shape index (κ2) is 8.08. The summed E-state index contributed by atoms with van der Waals surface area (Å²) in [5, 5.41) is 14.1. The number of benzene rings is 1. The van der Waals surface area contributed by atoms with Gasteiger partial charge in [0.05, 0.1) is 30.2 Å². The molecule has 2 heterocycles. The average Bonchev–Trinajstić information content (AvgIpc) is 3.14. The van der Waals surface area contributed by atoms with Crippen molar-refractivity contribution in [1.82, 2.24) is 24.9 Å². The lowest BCUT2D eigenvalue weighted by atomic mass is 10.2. The van der Waals surface area contributed by atoms with E-state index in [9.17, 15) is 9.59 Å². The summed E-state index contributed by atoms with van der Waals surface area (Å²) in [6.45, 7) is 6.10. The van der Waals surface area contributed by atoms with E-state index in [1.807, 2.05) is 55.8 Å². The van der Waals surface area contributed by atoms with Crippen LogP contribution in [0.5, 0.6) is 0 Å². The van der Waals surface area contributed by atoms with Gasteiger partial charge in [-0.3, -0.25) is 19.0 Å². The summed E-state index contributed by atoms with van der Waals surface area (Å²) < 4.78 is 3.47. The first-order valence-electron chi connectivity index (χ1n) is 9.01. The van der Waals surface area contributed by atoms with E-state index < -0.39 is 0 Å². The zero-order valence-electron chi connectivity index (χ0n) is 16.5. The molecule has 0 fully saturated rings. The third kappa shape index (κ3) is 4.28. The van der Waals surface area contributed by atoms with Crippen LogP contribution in [-0.2, 0) is 18.4 Å². The van der Waals surface area contributed by atoms with Crippen LogP contribution in [0.1, 0.15) is 33.1 Å². The first kappa shape index (κ1) is 19.3. The Morgan fingerprint density at radius 2 is 1.79 bits per heavy atom. The molecule has 28 heavy (non-hydrogen) atoms. The van der Waals surface area contributed by atoms with Gasteiger partial charge in [-0.1, -0.05) is 30.3 Å². The molecule has 0 bridgehead atoms. The number of carbonyl (C=O) groups excluding carboxylic acids is 2. The van der Waals surface area contributed by atoms with Crippen molar-refractivity contribution in [3.63, 3.8) is 0 Å². The van der Waals surface area contributed by atoms with E-state index in [-0.39, 0.29) is 24.1 Å². The number of anilines is 1.